The Balaban J connectivity index is 2.66. The fourth-order valence-electron chi connectivity index (χ4n) is 2.16. The van der Waals surface area contributed by atoms with Gasteiger partial charge in [-0.25, -0.2) is 9.97 Å². The molecule has 0 aliphatic heterocycles. The largest absolute Gasteiger partial charge is 0.232 e. The molecule has 2 nitrogen and oxygen atoms in total. The summed E-state index contributed by atoms with van der Waals surface area (Å²) in [6, 6.07) is 6.44. The smallest absolute Gasteiger partial charge is 0.136 e. The molecule has 0 saturated carbocycles. The number of halogens is 1. The molecule has 100 valence electrons. The number of hydrogen-bond acceptors (Lipinski definition) is 2. The molecule has 0 fully saturated rings. The van der Waals surface area contributed by atoms with Crippen molar-refractivity contribution in [2.75, 3.05) is 0 Å². The number of nitrogens with zero attached hydrogens (tertiary/aromatic N) is 2. The van der Waals surface area contributed by atoms with E-state index in [0.29, 0.717) is 5.15 Å². The van der Waals surface area contributed by atoms with Crippen molar-refractivity contribution in [2.24, 2.45) is 0 Å². The Hall–Kier alpha value is -1.41. The predicted molar refractivity (Wildman–Crippen MR) is 80.8 cm³/mol. The molecule has 1 heterocycles. The molecule has 3 heteroatoms. The third-order valence-corrected chi connectivity index (χ3v) is 3.48. The van der Waals surface area contributed by atoms with E-state index in [1.54, 1.807) is 0 Å². The summed E-state index contributed by atoms with van der Waals surface area (Å²) in [5.41, 5.74) is 5.46. The van der Waals surface area contributed by atoms with Crippen LogP contribution in [0.2, 0.25) is 5.15 Å². The van der Waals surface area contributed by atoms with Crippen LogP contribution in [0.1, 0.15) is 42.3 Å². The van der Waals surface area contributed by atoms with E-state index >= 15 is 0 Å². The second-order valence-corrected chi connectivity index (χ2v) is 5.74. The number of benzene rings is 1. The van der Waals surface area contributed by atoms with E-state index in [1.165, 1.54) is 11.1 Å². The number of aryl methyl sites for hydroxylation is 2. The fraction of sp³-hybridized carbons (Fsp3) is 0.375. The maximum Gasteiger partial charge on any atom is 0.136 e. The lowest BCUT2D eigenvalue weighted by Crippen LogP contribution is -2.02. The van der Waals surface area contributed by atoms with Crippen LogP contribution in [0, 0.1) is 20.8 Å². The molecular weight excluding hydrogens is 256 g/mol. The van der Waals surface area contributed by atoms with E-state index in [1.807, 2.05) is 6.92 Å². The summed E-state index contributed by atoms with van der Waals surface area (Å²) >= 11 is 6.24. The van der Waals surface area contributed by atoms with Gasteiger partial charge in [-0.15, -0.1) is 0 Å². The van der Waals surface area contributed by atoms with Gasteiger partial charge in [-0.2, -0.15) is 0 Å². The van der Waals surface area contributed by atoms with E-state index in [4.69, 9.17) is 11.6 Å². The first kappa shape index (κ1) is 14.0. The van der Waals surface area contributed by atoms with Crippen LogP contribution in [0.5, 0.6) is 0 Å². The van der Waals surface area contributed by atoms with Crippen LogP contribution < -0.4 is 0 Å². The van der Waals surface area contributed by atoms with Crippen LogP contribution in [-0.4, -0.2) is 9.97 Å². The lowest BCUT2D eigenvalue weighted by molar-refractivity contribution is 0.773. The van der Waals surface area contributed by atoms with Gasteiger partial charge >= 0.3 is 0 Å². The molecule has 0 spiro atoms. The van der Waals surface area contributed by atoms with Gasteiger partial charge in [-0.3, -0.25) is 0 Å². The quantitative estimate of drug-likeness (QED) is 0.732. The minimum atomic E-state index is 0.266. The summed E-state index contributed by atoms with van der Waals surface area (Å²) in [5, 5.41) is 0.549. The van der Waals surface area contributed by atoms with Crippen molar-refractivity contribution in [3.63, 3.8) is 0 Å². The Kier molecular flexibility index (Phi) is 3.91. The Morgan fingerprint density at radius 1 is 0.947 bits per heavy atom. The molecule has 0 atom stereocenters. The number of aromatic nitrogens is 2. The Labute approximate surface area is 119 Å². The summed E-state index contributed by atoms with van der Waals surface area (Å²) < 4.78 is 0. The first-order chi connectivity index (χ1) is 8.88. The van der Waals surface area contributed by atoms with Crippen LogP contribution in [0.4, 0.5) is 0 Å². The van der Waals surface area contributed by atoms with Crippen LogP contribution in [0.3, 0.4) is 0 Å². The zero-order chi connectivity index (χ0) is 14.2. The van der Waals surface area contributed by atoms with E-state index < -0.39 is 0 Å². The standard InChI is InChI=1S/C16H19ClN2/c1-9(2)16-18-14(12(5)15(17)19-16)13-7-10(3)6-11(4)8-13/h6-9H,1-5H3. The topological polar surface area (TPSA) is 25.8 Å². The molecular formula is C16H19ClN2. The van der Waals surface area contributed by atoms with Gasteiger partial charge in [-0.1, -0.05) is 42.6 Å². The minimum absolute atomic E-state index is 0.266. The first-order valence-corrected chi connectivity index (χ1v) is 6.89. The summed E-state index contributed by atoms with van der Waals surface area (Å²) in [6.45, 7) is 10.3. The monoisotopic (exact) mass is 274 g/mol. The normalized spacial score (nSPS) is 11.1. The maximum absolute atomic E-state index is 6.24. The summed E-state index contributed by atoms with van der Waals surface area (Å²) in [6.07, 6.45) is 0. The zero-order valence-electron chi connectivity index (χ0n) is 12.1. The number of hydrogen-bond donors (Lipinski definition) is 0. The molecule has 0 bridgehead atoms. The highest BCUT2D eigenvalue weighted by molar-refractivity contribution is 6.30. The van der Waals surface area contributed by atoms with Gasteiger partial charge in [0.1, 0.15) is 11.0 Å². The maximum atomic E-state index is 6.24. The van der Waals surface area contributed by atoms with Crippen molar-refractivity contribution in [1.29, 1.82) is 0 Å². The lowest BCUT2D eigenvalue weighted by atomic mass is 10.0. The second-order valence-electron chi connectivity index (χ2n) is 5.38. The van der Waals surface area contributed by atoms with Crippen LogP contribution in [0.25, 0.3) is 11.3 Å². The van der Waals surface area contributed by atoms with Crippen molar-refractivity contribution >= 4 is 11.6 Å². The van der Waals surface area contributed by atoms with Crippen LogP contribution >= 0.6 is 11.6 Å². The van der Waals surface area contributed by atoms with E-state index in [9.17, 15) is 0 Å². The lowest BCUT2D eigenvalue weighted by Gasteiger charge is -2.12. The molecule has 0 N–H and O–H groups in total. The van der Waals surface area contributed by atoms with Gasteiger partial charge in [0.25, 0.3) is 0 Å². The van der Waals surface area contributed by atoms with Crippen molar-refractivity contribution in [2.45, 2.75) is 40.5 Å². The Bertz CT molecular complexity index is 598. The Morgan fingerprint density at radius 3 is 2.05 bits per heavy atom. The van der Waals surface area contributed by atoms with Crippen molar-refractivity contribution < 1.29 is 0 Å². The van der Waals surface area contributed by atoms with Gasteiger partial charge in [-0.05, 0) is 32.9 Å². The molecule has 1 aromatic carbocycles. The van der Waals surface area contributed by atoms with Gasteiger partial charge < -0.3 is 0 Å². The van der Waals surface area contributed by atoms with Crippen LogP contribution in [-0.2, 0) is 0 Å². The fourth-order valence-corrected chi connectivity index (χ4v) is 2.33. The third-order valence-electron chi connectivity index (χ3n) is 3.12. The van der Waals surface area contributed by atoms with Crippen molar-refractivity contribution in [3.05, 3.63) is 45.9 Å². The summed E-state index contributed by atoms with van der Waals surface area (Å²) in [4.78, 5) is 9.05. The highest BCUT2D eigenvalue weighted by atomic mass is 35.5. The zero-order valence-corrected chi connectivity index (χ0v) is 12.8. The predicted octanol–water partition coefficient (Wildman–Crippen LogP) is 4.85. The second kappa shape index (κ2) is 5.30. The molecule has 0 saturated heterocycles. The first-order valence-electron chi connectivity index (χ1n) is 6.51. The highest BCUT2D eigenvalue weighted by Gasteiger charge is 2.13. The molecule has 0 aliphatic carbocycles. The Morgan fingerprint density at radius 2 is 1.53 bits per heavy atom. The minimum Gasteiger partial charge on any atom is -0.232 e. The molecule has 1 aromatic heterocycles. The van der Waals surface area contributed by atoms with E-state index in [2.05, 4.69) is 55.9 Å². The third kappa shape index (κ3) is 2.95. The molecule has 2 rings (SSSR count). The van der Waals surface area contributed by atoms with Gasteiger partial charge in [0.2, 0.25) is 0 Å². The van der Waals surface area contributed by atoms with Crippen LogP contribution in [0.15, 0.2) is 18.2 Å². The molecule has 19 heavy (non-hydrogen) atoms. The average Bonchev–Trinajstić information content (AvgIpc) is 2.30. The van der Waals surface area contributed by atoms with Crippen molar-refractivity contribution in [1.82, 2.24) is 9.97 Å². The molecule has 2 aromatic rings. The number of rotatable bonds is 2. The summed E-state index contributed by atoms with van der Waals surface area (Å²) in [7, 11) is 0. The van der Waals surface area contributed by atoms with E-state index in [-0.39, 0.29) is 5.92 Å². The van der Waals surface area contributed by atoms with Crippen molar-refractivity contribution in [3.8, 4) is 11.3 Å². The van der Waals surface area contributed by atoms with Gasteiger partial charge in [0.05, 0.1) is 5.69 Å². The summed E-state index contributed by atoms with van der Waals surface area (Å²) in [5.74, 6) is 1.06. The van der Waals surface area contributed by atoms with E-state index in [0.717, 1.165) is 22.6 Å². The molecule has 0 amide bonds. The van der Waals surface area contributed by atoms with Gasteiger partial charge in [0.15, 0.2) is 0 Å². The molecule has 0 unspecified atom stereocenters. The average molecular weight is 275 g/mol. The highest BCUT2D eigenvalue weighted by Crippen LogP contribution is 2.28. The SMILES string of the molecule is Cc1cc(C)cc(-c2nc(C(C)C)nc(Cl)c2C)c1. The molecule has 0 radical (unpaired) electrons. The molecule has 0 aliphatic rings. The van der Waals surface area contributed by atoms with Gasteiger partial charge in [0, 0.05) is 17.0 Å².